The van der Waals surface area contributed by atoms with Gasteiger partial charge < -0.3 is 9.47 Å². The molecule has 1 aromatic heterocycles. The SMILES string of the molecule is CCOC(=O)C(CC)(Cc1csc(C)n1)C(=O)OCC. The van der Waals surface area contributed by atoms with Crippen LogP contribution in [0.25, 0.3) is 0 Å². The maximum atomic E-state index is 12.3. The fraction of sp³-hybridized carbons (Fsp3) is 0.643. The predicted molar refractivity (Wildman–Crippen MR) is 76.5 cm³/mol. The van der Waals surface area contributed by atoms with E-state index in [4.69, 9.17) is 9.47 Å². The number of nitrogens with zero attached hydrogens (tertiary/aromatic N) is 1. The van der Waals surface area contributed by atoms with E-state index in [9.17, 15) is 9.59 Å². The Morgan fingerprint density at radius 3 is 2.10 bits per heavy atom. The highest BCUT2D eigenvalue weighted by Gasteiger charge is 2.47. The molecule has 0 atom stereocenters. The Kier molecular flexibility index (Phi) is 6.13. The van der Waals surface area contributed by atoms with Crippen LogP contribution in [0.4, 0.5) is 0 Å². The minimum absolute atomic E-state index is 0.214. The topological polar surface area (TPSA) is 65.5 Å². The second-order valence-corrected chi connectivity index (χ2v) is 5.47. The normalized spacial score (nSPS) is 11.2. The Morgan fingerprint density at radius 1 is 1.20 bits per heavy atom. The van der Waals surface area contributed by atoms with E-state index in [1.807, 2.05) is 12.3 Å². The lowest BCUT2D eigenvalue weighted by Gasteiger charge is -2.27. The van der Waals surface area contributed by atoms with Gasteiger partial charge in [-0.2, -0.15) is 0 Å². The minimum atomic E-state index is -1.30. The summed E-state index contributed by atoms with van der Waals surface area (Å²) < 4.78 is 10.2. The number of rotatable bonds is 7. The first kappa shape index (κ1) is 16.6. The quantitative estimate of drug-likeness (QED) is 0.572. The molecule has 1 heterocycles. The molecule has 1 aromatic rings. The van der Waals surface area contributed by atoms with Crippen LogP contribution >= 0.6 is 11.3 Å². The van der Waals surface area contributed by atoms with Crippen LogP contribution in [0.5, 0.6) is 0 Å². The van der Waals surface area contributed by atoms with Crippen molar-refractivity contribution < 1.29 is 19.1 Å². The fourth-order valence-electron chi connectivity index (χ4n) is 1.98. The third-order valence-electron chi connectivity index (χ3n) is 3.09. The number of carbonyl (C=O) groups excluding carboxylic acids is 2. The number of aryl methyl sites for hydroxylation is 1. The van der Waals surface area contributed by atoms with Crippen molar-refractivity contribution in [3.63, 3.8) is 0 Å². The maximum Gasteiger partial charge on any atom is 0.323 e. The lowest BCUT2D eigenvalue weighted by molar-refractivity contribution is -0.172. The molecule has 0 aliphatic heterocycles. The van der Waals surface area contributed by atoms with Crippen molar-refractivity contribution in [2.75, 3.05) is 13.2 Å². The Hall–Kier alpha value is -1.43. The van der Waals surface area contributed by atoms with E-state index in [0.717, 1.165) is 10.7 Å². The number of hydrogen-bond donors (Lipinski definition) is 0. The lowest BCUT2D eigenvalue weighted by Crippen LogP contribution is -2.43. The van der Waals surface area contributed by atoms with Crippen molar-refractivity contribution in [2.45, 2.75) is 40.5 Å². The minimum Gasteiger partial charge on any atom is -0.465 e. The van der Waals surface area contributed by atoms with Gasteiger partial charge in [-0.25, -0.2) is 4.98 Å². The molecule has 20 heavy (non-hydrogen) atoms. The third kappa shape index (κ3) is 3.56. The number of aromatic nitrogens is 1. The Bertz CT molecular complexity index is 451. The lowest BCUT2D eigenvalue weighted by atomic mass is 9.80. The average molecular weight is 299 g/mol. The zero-order chi connectivity index (χ0) is 15.2. The number of carbonyl (C=O) groups is 2. The smallest absolute Gasteiger partial charge is 0.323 e. The van der Waals surface area contributed by atoms with Gasteiger partial charge in [0, 0.05) is 11.8 Å². The van der Waals surface area contributed by atoms with Gasteiger partial charge in [-0.3, -0.25) is 9.59 Å². The van der Waals surface area contributed by atoms with E-state index in [1.54, 1.807) is 20.8 Å². The van der Waals surface area contributed by atoms with Crippen LogP contribution in [-0.2, 0) is 25.5 Å². The van der Waals surface area contributed by atoms with E-state index in [-0.39, 0.29) is 19.6 Å². The summed E-state index contributed by atoms with van der Waals surface area (Å²) in [5, 5.41) is 2.76. The molecule has 1 rings (SSSR count). The average Bonchev–Trinajstić information content (AvgIpc) is 2.81. The molecule has 0 fully saturated rings. The van der Waals surface area contributed by atoms with Crippen molar-refractivity contribution in [3.05, 3.63) is 16.1 Å². The van der Waals surface area contributed by atoms with Crippen molar-refractivity contribution in [1.82, 2.24) is 4.98 Å². The van der Waals surface area contributed by atoms with E-state index in [2.05, 4.69) is 4.98 Å². The predicted octanol–water partition coefficient (Wildman–Crippen LogP) is 2.52. The molecule has 0 saturated heterocycles. The zero-order valence-corrected chi connectivity index (χ0v) is 13.2. The van der Waals surface area contributed by atoms with Crippen LogP contribution in [0.15, 0.2) is 5.38 Å². The molecule has 0 bridgehead atoms. The number of esters is 2. The first-order valence-electron chi connectivity index (χ1n) is 6.75. The summed E-state index contributed by atoms with van der Waals surface area (Å²) in [6.45, 7) is 7.57. The molecule has 0 spiro atoms. The molecule has 5 nitrogen and oxygen atoms in total. The van der Waals surface area contributed by atoms with Gasteiger partial charge in [-0.05, 0) is 27.2 Å². The number of hydrogen-bond acceptors (Lipinski definition) is 6. The van der Waals surface area contributed by atoms with Gasteiger partial charge in [0.05, 0.1) is 23.9 Å². The molecule has 0 radical (unpaired) electrons. The van der Waals surface area contributed by atoms with Gasteiger partial charge in [0.2, 0.25) is 0 Å². The van der Waals surface area contributed by atoms with Crippen LogP contribution in [0.3, 0.4) is 0 Å². The standard InChI is InChI=1S/C14H21NO4S/c1-5-14(12(16)18-6-2,13(17)19-7-3)8-11-9-20-10(4)15-11/h9H,5-8H2,1-4H3. The Balaban J connectivity index is 3.09. The summed E-state index contributed by atoms with van der Waals surface area (Å²) >= 11 is 1.49. The van der Waals surface area contributed by atoms with Crippen LogP contribution in [-0.4, -0.2) is 30.1 Å². The molecule has 0 N–H and O–H groups in total. The number of thiazole rings is 1. The highest BCUT2D eigenvalue weighted by Crippen LogP contribution is 2.31. The summed E-state index contributed by atoms with van der Waals surface area (Å²) in [5.74, 6) is -1.07. The highest BCUT2D eigenvalue weighted by atomic mass is 32.1. The molecule has 0 aliphatic carbocycles. The first-order valence-corrected chi connectivity index (χ1v) is 7.63. The van der Waals surface area contributed by atoms with Crippen molar-refractivity contribution >= 4 is 23.3 Å². The van der Waals surface area contributed by atoms with Crippen molar-refractivity contribution in [1.29, 1.82) is 0 Å². The van der Waals surface area contributed by atoms with Crippen molar-refractivity contribution in [2.24, 2.45) is 5.41 Å². The monoisotopic (exact) mass is 299 g/mol. The van der Waals surface area contributed by atoms with Crippen LogP contribution in [0.2, 0.25) is 0 Å². The summed E-state index contributed by atoms with van der Waals surface area (Å²) in [7, 11) is 0. The molecule has 0 saturated carbocycles. The Morgan fingerprint density at radius 2 is 1.75 bits per heavy atom. The molecule has 112 valence electrons. The van der Waals surface area contributed by atoms with E-state index >= 15 is 0 Å². The van der Waals surface area contributed by atoms with Crippen LogP contribution in [0, 0.1) is 12.3 Å². The second kappa shape index (κ2) is 7.38. The van der Waals surface area contributed by atoms with Gasteiger partial charge in [0.1, 0.15) is 0 Å². The third-order valence-corrected chi connectivity index (χ3v) is 3.91. The molecule has 0 aromatic carbocycles. The molecule has 0 unspecified atom stereocenters. The van der Waals surface area contributed by atoms with Gasteiger partial charge in [-0.15, -0.1) is 11.3 Å². The molecule has 0 aliphatic rings. The Labute approximate surface area is 123 Å². The van der Waals surface area contributed by atoms with Crippen molar-refractivity contribution in [3.8, 4) is 0 Å². The molecule has 6 heteroatoms. The van der Waals surface area contributed by atoms with E-state index < -0.39 is 17.4 Å². The summed E-state index contributed by atoms with van der Waals surface area (Å²) in [5.41, 5.74) is -0.581. The second-order valence-electron chi connectivity index (χ2n) is 4.41. The first-order chi connectivity index (χ1) is 9.50. The number of ether oxygens (including phenoxy) is 2. The van der Waals surface area contributed by atoms with Gasteiger partial charge in [0.15, 0.2) is 5.41 Å². The molecule has 0 amide bonds. The van der Waals surface area contributed by atoms with Crippen LogP contribution < -0.4 is 0 Å². The van der Waals surface area contributed by atoms with Crippen LogP contribution in [0.1, 0.15) is 37.9 Å². The summed E-state index contributed by atoms with van der Waals surface area (Å²) in [4.78, 5) is 28.9. The summed E-state index contributed by atoms with van der Waals surface area (Å²) in [6.07, 6.45) is 0.534. The molecular weight excluding hydrogens is 278 g/mol. The van der Waals surface area contributed by atoms with Gasteiger partial charge in [0.25, 0.3) is 0 Å². The largest absolute Gasteiger partial charge is 0.465 e. The maximum absolute atomic E-state index is 12.3. The van der Waals surface area contributed by atoms with Gasteiger partial charge in [-0.1, -0.05) is 6.92 Å². The van der Waals surface area contributed by atoms with E-state index in [0.29, 0.717) is 6.42 Å². The fourth-order valence-corrected chi connectivity index (χ4v) is 2.59. The highest BCUT2D eigenvalue weighted by molar-refractivity contribution is 7.09. The summed E-state index contributed by atoms with van der Waals surface area (Å²) in [6, 6.07) is 0. The zero-order valence-electron chi connectivity index (χ0n) is 12.4. The van der Waals surface area contributed by atoms with Gasteiger partial charge >= 0.3 is 11.9 Å². The molecular formula is C14H21NO4S. The van der Waals surface area contributed by atoms with E-state index in [1.165, 1.54) is 11.3 Å².